The molecule has 2 aromatic carbocycles. The van der Waals surface area contributed by atoms with Crippen LogP contribution in [-0.2, 0) is 4.74 Å². The predicted octanol–water partition coefficient (Wildman–Crippen LogP) is 2.69. The molecule has 1 aromatic heterocycles. The number of aromatic nitrogens is 1. The molecule has 4 heterocycles. The molecular weight excluding hydrogens is 526 g/mol. The van der Waals surface area contributed by atoms with Gasteiger partial charge in [0.2, 0.25) is 0 Å². The fourth-order valence-corrected chi connectivity index (χ4v) is 6.24. The maximum absolute atomic E-state index is 12.6. The number of anilines is 1. The summed E-state index contributed by atoms with van der Waals surface area (Å²) in [5.74, 6) is 2.59. The lowest BCUT2D eigenvalue weighted by atomic mass is 9.77. The fraction of sp³-hybridized carbons (Fsp3) is 0.407. The van der Waals surface area contributed by atoms with Crippen molar-refractivity contribution in [3.8, 4) is 16.2 Å². The van der Waals surface area contributed by atoms with Crippen molar-refractivity contribution in [2.24, 2.45) is 11.8 Å². The number of halogens is 1. The minimum absolute atomic E-state index is 0. The van der Waals surface area contributed by atoms with Gasteiger partial charge in [-0.15, -0.1) is 11.3 Å². The summed E-state index contributed by atoms with van der Waals surface area (Å²) in [5, 5.41) is 2.86. The topological polar surface area (TPSA) is 60.5 Å². The number of hydrogen-bond donors (Lipinski definition) is 1. The van der Waals surface area contributed by atoms with Gasteiger partial charge in [-0.05, 0) is 23.6 Å². The van der Waals surface area contributed by atoms with E-state index in [-0.39, 0.29) is 17.0 Å². The van der Waals surface area contributed by atoms with Crippen LogP contribution in [-0.4, -0.2) is 55.0 Å². The van der Waals surface area contributed by atoms with Crippen LogP contribution in [0.1, 0.15) is 19.3 Å². The molecule has 0 spiro atoms. The molecule has 186 valence electrons. The van der Waals surface area contributed by atoms with Crippen molar-refractivity contribution >= 4 is 23.2 Å². The van der Waals surface area contributed by atoms with Crippen LogP contribution in [0.25, 0.3) is 10.4 Å². The molecule has 0 radical (unpaired) electrons. The third-order valence-corrected chi connectivity index (χ3v) is 8.15. The summed E-state index contributed by atoms with van der Waals surface area (Å²) < 4.78 is 12.7. The van der Waals surface area contributed by atoms with Crippen LogP contribution in [0.5, 0.6) is 5.75 Å². The van der Waals surface area contributed by atoms with Gasteiger partial charge in [-0.2, -0.15) is 0 Å². The third kappa shape index (κ3) is 6.42. The van der Waals surface area contributed by atoms with Gasteiger partial charge in [0.1, 0.15) is 12.4 Å². The van der Waals surface area contributed by atoms with E-state index in [9.17, 15) is 4.79 Å². The normalized spacial score (nSPS) is 22.7. The molecule has 1 atom stereocenters. The third-order valence-electron chi connectivity index (χ3n) is 7.28. The van der Waals surface area contributed by atoms with Gasteiger partial charge in [0.15, 0.2) is 5.82 Å². The Balaban J connectivity index is 0.00000289. The largest absolute Gasteiger partial charge is 1.00 e. The lowest BCUT2D eigenvalue weighted by molar-refractivity contribution is -0.947. The van der Waals surface area contributed by atoms with Gasteiger partial charge in [0.05, 0.1) is 43.2 Å². The smallest absolute Gasteiger partial charge is 0.412 e. The summed E-state index contributed by atoms with van der Waals surface area (Å²) >= 11 is 1.51. The van der Waals surface area contributed by atoms with Crippen molar-refractivity contribution in [2.75, 3.05) is 44.7 Å². The zero-order valence-corrected chi connectivity index (χ0v) is 22.2. The summed E-state index contributed by atoms with van der Waals surface area (Å²) in [7, 11) is 0. The van der Waals surface area contributed by atoms with Gasteiger partial charge < -0.3 is 30.9 Å². The average molecular weight is 559 g/mol. The number of benzene rings is 2. The standard InChI is InChI=1S/C27H31N3O3S.BrH/c31-27(29-26-25(34-20-28-26)22-8-3-1-4-9-22)33-19-23-18-30(15-12-21(23)13-16-30)14-7-17-32-24-10-5-2-6-11-24;/h1-6,8-11,20-21,23H,7,12-19H2;1H. The van der Waals surface area contributed by atoms with Crippen LogP contribution < -0.4 is 27.0 Å². The van der Waals surface area contributed by atoms with Crippen LogP contribution in [0.4, 0.5) is 10.6 Å². The van der Waals surface area contributed by atoms with E-state index in [0.717, 1.165) is 46.8 Å². The first kappa shape index (κ1) is 25.7. The molecule has 3 aliphatic heterocycles. The number of para-hydroxylation sites is 1. The number of carbonyl (C=O) groups excluding carboxylic acids is 1. The zero-order chi connectivity index (χ0) is 23.2. The number of nitrogens with zero attached hydrogens (tertiary/aromatic N) is 2. The summed E-state index contributed by atoms with van der Waals surface area (Å²) in [6, 6.07) is 20.0. The van der Waals surface area contributed by atoms with E-state index in [1.807, 2.05) is 60.7 Å². The molecule has 3 fully saturated rings. The van der Waals surface area contributed by atoms with Gasteiger partial charge in [-0.25, -0.2) is 9.78 Å². The van der Waals surface area contributed by atoms with Gasteiger partial charge in [0, 0.05) is 25.2 Å². The fourth-order valence-electron chi connectivity index (χ4n) is 5.49. The first-order valence-electron chi connectivity index (χ1n) is 12.2. The molecule has 0 saturated carbocycles. The first-order chi connectivity index (χ1) is 16.7. The molecule has 3 saturated heterocycles. The highest BCUT2D eigenvalue weighted by Gasteiger charge is 2.45. The quantitative estimate of drug-likeness (QED) is 0.324. The van der Waals surface area contributed by atoms with E-state index in [1.54, 1.807) is 5.51 Å². The number of rotatable bonds is 9. The highest BCUT2D eigenvalue weighted by molar-refractivity contribution is 7.13. The number of quaternary nitrogens is 1. The lowest BCUT2D eigenvalue weighted by Crippen LogP contribution is -3.00. The SMILES string of the molecule is O=C(Nc1ncsc1-c1ccccc1)OCC1C[N+]2(CCCOc3ccccc3)CCC1CC2.[Br-]. The monoisotopic (exact) mass is 557 g/mol. The number of nitrogens with one attached hydrogen (secondary N) is 1. The lowest BCUT2D eigenvalue weighted by Gasteiger charge is -2.52. The van der Waals surface area contributed by atoms with Gasteiger partial charge in [-0.1, -0.05) is 48.5 Å². The first-order valence-corrected chi connectivity index (χ1v) is 13.0. The van der Waals surface area contributed by atoms with Gasteiger partial charge in [-0.3, -0.25) is 5.32 Å². The van der Waals surface area contributed by atoms with Crippen molar-refractivity contribution in [2.45, 2.75) is 19.3 Å². The van der Waals surface area contributed by atoms with Crippen molar-refractivity contribution in [1.29, 1.82) is 0 Å². The number of fused-ring (bicyclic) bond motifs is 3. The summed E-state index contributed by atoms with van der Waals surface area (Å²) in [6.45, 7) is 5.91. The number of carbonyl (C=O) groups is 1. The van der Waals surface area contributed by atoms with Crippen LogP contribution in [0.3, 0.4) is 0 Å². The van der Waals surface area contributed by atoms with Gasteiger partial charge in [0.25, 0.3) is 0 Å². The van der Waals surface area contributed by atoms with Crippen molar-refractivity contribution in [1.82, 2.24) is 4.98 Å². The Morgan fingerprint density at radius 1 is 1.06 bits per heavy atom. The molecule has 6 nitrogen and oxygen atoms in total. The predicted molar refractivity (Wildman–Crippen MR) is 135 cm³/mol. The molecule has 35 heavy (non-hydrogen) atoms. The minimum atomic E-state index is -0.415. The molecule has 1 N–H and O–H groups in total. The number of amides is 1. The van der Waals surface area contributed by atoms with Crippen LogP contribution in [0.15, 0.2) is 66.2 Å². The zero-order valence-electron chi connectivity index (χ0n) is 19.8. The Bertz CT molecular complexity index is 1070. The highest BCUT2D eigenvalue weighted by Crippen LogP contribution is 2.38. The molecule has 1 unspecified atom stereocenters. The van der Waals surface area contributed by atoms with Crippen molar-refractivity contribution < 1.29 is 35.7 Å². The molecule has 0 aliphatic carbocycles. The molecule has 2 bridgehead atoms. The molecule has 6 rings (SSSR count). The second kappa shape index (κ2) is 12.0. The number of ether oxygens (including phenoxy) is 2. The molecule has 1 amide bonds. The Hall–Kier alpha value is -2.42. The van der Waals surface area contributed by atoms with Crippen LogP contribution >= 0.6 is 11.3 Å². The number of hydrogen-bond acceptors (Lipinski definition) is 5. The number of piperidine rings is 3. The van der Waals surface area contributed by atoms with Crippen LogP contribution in [0.2, 0.25) is 0 Å². The molecule has 3 aliphatic rings. The molecule has 8 heteroatoms. The second-order valence-corrected chi connectivity index (χ2v) is 10.3. The van der Waals surface area contributed by atoms with E-state index in [4.69, 9.17) is 9.47 Å². The van der Waals surface area contributed by atoms with E-state index < -0.39 is 6.09 Å². The molecular formula is C27H32BrN3O3S. The van der Waals surface area contributed by atoms with E-state index in [0.29, 0.717) is 24.3 Å². The Morgan fingerprint density at radius 3 is 2.51 bits per heavy atom. The van der Waals surface area contributed by atoms with E-state index in [2.05, 4.69) is 10.3 Å². The summed E-state index contributed by atoms with van der Waals surface area (Å²) in [4.78, 5) is 17.9. The van der Waals surface area contributed by atoms with Crippen LogP contribution in [0, 0.1) is 11.8 Å². The van der Waals surface area contributed by atoms with Crippen molar-refractivity contribution in [3.63, 3.8) is 0 Å². The maximum Gasteiger partial charge on any atom is 0.412 e. The second-order valence-electron chi connectivity index (χ2n) is 9.43. The minimum Gasteiger partial charge on any atom is -1.00 e. The Labute approximate surface area is 221 Å². The number of thiazole rings is 1. The van der Waals surface area contributed by atoms with E-state index in [1.165, 1.54) is 37.3 Å². The Morgan fingerprint density at radius 2 is 1.77 bits per heavy atom. The summed E-state index contributed by atoms with van der Waals surface area (Å²) in [6.07, 6.45) is 3.07. The van der Waals surface area contributed by atoms with E-state index >= 15 is 0 Å². The van der Waals surface area contributed by atoms with Gasteiger partial charge >= 0.3 is 6.09 Å². The van der Waals surface area contributed by atoms with Crippen molar-refractivity contribution in [3.05, 3.63) is 66.2 Å². The Kier molecular flexibility index (Phi) is 8.81. The summed E-state index contributed by atoms with van der Waals surface area (Å²) in [5.41, 5.74) is 2.79. The maximum atomic E-state index is 12.6. The molecule has 3 aromatic rings. The average Bonchev–Trinajstić information content (AvgIpc) is 3.35. The highest BCUT2D eigenvalue weighted by atomic mass is 79.9.